The molecule has 0 unspecified atom stereocenters. The maximum atomic E-state index is 13.8. The highest BCUT2D eigenvalue weighted by molar-refractivity contribution is 9.10. The van der Waals surface area contributed by atoms with Gasteiger partial charge < -0.3 is 10.2 Å². The average Bonchev–Trinajstić information content (AvgIpc) is 3.37. The molecule has 8 nitrogen and oxygen atoms in total. The van der Waals surface area contributed by atoms with Crippen LogP contribution in [0.2, 0.25) is 0 Å². The molecule has 1 aliphatic heterocycles. The van der Waals surface area contributed by atoms with Gasteiger partial charge in [-0.25, -0.2) is 9.97 Å². The van der Waals surface area contributed by atoms with Gasteiger partial charge in [-0.2, -0.15) is 15.0 Å². The van der Waals surface area contributed by atoms with Crippen LogP contribution in [0.5, 0.6) is 0 Å². The number of piperidine rings is 1. The number of fused-ring (bicyclic) bond motifs is 1. The number of aromatic nitrogens is 5. The fraction of sp³-hybridized carbons (Fsp3) is 0.320. The molecule has 0 aliphatic carbocycles. The summed E-state index contributed by atoms with van der Waals surface area (Å²) in [5, 5.41) is 12.9. The minimum absolute atomic E-state index is 0.00212. The first-order chi connectivity index (χ1) is 16.5. The first kappa shape index (κ1) is 22.5. The fourth-order valence-corrected chi connectivity index (χ4v) is 4.93. The van der Waals surface area contributed by atoms with Gasteiger partial charge >= 0.3 is 0 Å². The minimum atomic E-state index is -0.00212. The molecule has 4 aromatic rings. The van der Waals surface area contributed by atoms with E-state index in [1.54, 1.807) is 12.4 Å². The molecule has 34 heavy (non-hydrogen) atoms. The van der Waals surface area contributed by atoms with Gasteiger partial charge in [0.15, 0.2) is 0 Å². The summed E-state index contributed by atoms with van der Waals surface area (Å²) in [4.78, 5) is 26.5. The molecule has 1 fully saturated rings. The summed E-state index contributed by atoms with van der Waals surface area (Å²) in [6.45, 7) is 5.48. The van der Waals surface area contributed by atoms with Crippen molar-refractivity contribution >= 4 is 38.7 Å². The highest BCUT2D eigenvalue weighted by Gasteiger charge is 2.33. The predicted octanol–water partition coefficient (Wildman–Crippen LogP) is 4.63. The molecule has 0 bridgehead atoms. The summed E-state index contributed by atoms with van der Waals surface area (Å²) >= 11 is 3.50. The van der Waals surface area contributed by atoms with E-state index in [1.807, 2.05) is 54.4 Å². The Hall–Kier alpha value is -3.33. The van der Waals surface area contributed by atoms with Crippen molar-refractivity contribution in [3.63, 3.8) is 0 Å². The van der Waals surface area contributed by atoms with E-state index >= 15 is 0 Å². The molecular weight excluding hydrogens is 494 g/mol. The molecule has 3 heterocycles. The van der Waals surface area contributed by atoms with Gasteiger partial charge in [0.25, 0.3) is 5.91 Å². The molecule has 1 aliphatic rings. The number of nitrogens with one attached hydrogen (secondary N) is 1. The molecule has 174 valence electrons. The molecule has 1 amide bonds. The number of amides is 1. The Morgan fingerprint density at radius 1 is 1.18 bits per heavy atom. The fourth-order valence-electron chi connectivity index (χ4n) is 4.58. The van der Waals surface area contributed by atoms with Crippen LogP contribution < -0.4 is 5.32 Å². The number of benzene rings is 2. The van der Waals surface area contributed by atoms with E-state index in [0.29, 0.717) is 36.2 Å². The quantitative estimate of drug-likeness (QED) is 0.413. The van der Waals surface area contributed by atoms with E-state index in [0.717, 1.165) is 33.8 Å². The molecule has 1 N–H and O–H groups in total. The highest BCUT2D eigenvalue weighted by Crippen LogP contribution is 2.27. The third-order valence-electron chi connectivity index (χ3n) is 6.41. The van der Waals surface area contributed by atoms with Gasteiger partial charge in [-0.3, -0.25) is 4.79 Å². The van der Waals surface area contributed by atoms with E-state index in [9.17, 15) is 4.79 Å². The van der Waals surface area contributed by atoms with Crippen molar-refractivity contribution in [1.82, 2.24) is 29.9 Å². The molecule has 0 spiro atoms. The number of hydrogen-bond donors (Lipinski definition) is 1. The van der Waals surface area contributed by atoms with Gasteiger partial charge in [0.2, 0.25) is 5.95 Å². The molecular formula is C25H26BrN7O. The van der Waals surface area contributed by atoms with Gasteiger partial charge in [0.1, 0.15) is 0 Å². The van der Waals surface area contributed by atoms with Crippen LogP contribution >= 0.6 is 15.9 Å². The van der Waals surface area contributed by atoms with Crippen LogP contribution in [0.15, 0.2) is 59.5 Å². The lowest BCUT2D eigenvalue weighted by Crippen LogP contribution is -2.51. The molecule has 0 saturated carbocycles. The summed E-state index contributed by atoms with van der Waals surface area (Å²) in [5.74, 6) is 0.904. The van der Waals surface area contributed by atoms with Crippen molar-refractivity contribution in [2.45, 2.75) is 32.7 Å². The lowest BCUT2D eigenvalue weighted by atomic mass is 9.90. The van der Waals surface area contributed by atoms with Gasteiger partial charge in [-0.15, -0.1) is 0 Å². The van der Waals surface area contributed by atoms with Crippen LogP contribution in [-0.4, -0.2) is 54.9 Å². The minimum Gasteiger partial charge on any atom is -0.352 e. The second kappa shape index (κ2) is 9.50. The number of carbonyl (C=O) groups is 1. The molecule has 9 heteroatoms. The van der Waals surface area contributed by atoms with Crippen molar-refractivity contribution in [2.24, 2.45) is 5.92 Å². The van der Waals surface area contributed by atoms with Crippen molar-refractivity contribution in [3.05, 3.63) is 70.6 Å². The third-order valence-corrected chi connectivity index (χ3v) is 6.90. The summed E-state index contributed by atoms with van der Waals surface area (Å²) in [7, 11) is 0. The third kappa shape index (κ3) is 4.52. The van der Waals surface area contributed by atoms with Gasteiger partial charge in [0.05, 0.1) is 35.2 Å². The first-order valence-electron chi connectivity index (χ1n) is 11.4. The number of carbonyl (C=O) groups excluding carboxylic acids is 1. The van der Waals surface area contributed by atoms with E-state index < -0.39 is 0 Å². The number of nitrogens with zero attached hydrogens (tertiary/aromatic N) is 6. The zero-order valence-corrected chi connectivity index (χ0v) is 20.7. The van der Waals surface area contributed by atoms with E-state index in [4.69, 9.17) is 0 Å². The normalized spacial score (nSPS) is 18.3. The Kier molecular flexibility index (Phi) is 6.28. The summed E-state index contributed by atoms with van der Waals surface area (Å²) in [6, 6.07) is 11.8. The van der Waals surface area contributed by atoms with Crippen molar-refractivity contribution in [2.75, 3.05) is 18.4 Å². The Labute approximate surface area is 206 Å². The highest BCUT2D eigenvalue weighted by atomic mass is 79.9. The Bertz CT molecular complexity index is 1320. The summed E-state index contributed by atoms with van der Waals surface area (Å²) in [5.41, 5.74) is 3.19. The molecule has 5 rings (SSSR count). The summed E-state index contributed by atoms with van der Waals surface area (Å²) < 4.78 is 0.975. The van der Waals surface area contributed by atoms with Crippen LogP contribution in [-0.2, 0) is 0 Å². The number of likely N-dealkylation sites (tertiary alicyclic amines) is 1. The first-order valence-corrected chi connectivity index (χ1v) is 12.2. The second-order valence-electron chi connectivity index (χ2n) is 8.80. The topological polar surface area (TPSA) is 88.8 Å². The molecule has 2 aromatic heterocycles. The smallest absolute Gasteiger partial charge is 0.256 e. The zero-order chi connectivity index (χ0) is 23.7. The van der Waals surface area contributed by atoms with Crippen LogP contribution in [0.3, 0.4) is 0 Å². The van der Waals surface area contributed by atoms with E-state index in [1.165, 1.54) is 4.80 Å². The number of anilines is 1. The van der Waals surface area contributed by atoms with Crippen LogP contribution in [0.1, 0.15) is 35.7 Å². The molecule has 2 aromatic carbocycles. The predicted molar refractivity (Wildman–Crippen MR) is 135 cm³/mol. The Morgan fingerprint density at radius 3 is 2.82 bits per heavy atom. The Morgan fingerprint density at radius 2 is 2.00 bits per heavy atom. The van der Waals surface area contributed by atoms with Crippen molar-refractivity contribution < 1.29 is 4.79 Å². The molecule has 1 saturated heterocycles. The van der Waals surface area contributed by atoms with E-state index in [2.05, 4.69) is 48.3 Å². The monoisotopic (exact) mass is 519 g/mol. The van der Waals surface area contributed by atoms with Crippen LogP contribution in [0, 0.1) is 12.8 Å². The lowest BCUT2D eigenvalue weighted by Gasteiger charge is -2.40. The number of hydrogen-bond acceptors (Lipinski definition) is 6. The molecule has 0 radical (unpaired) electrons. The van der Waals surface area contributed by atoms with Gasteiger partial charge in [-0.1, -0.05) is 40.5 Å². The van der Waals surface area contributed by atoms with Crippen LogP contribution in [0.4, 0.5) is 5.95 Å². The maximum absolute atomic E-state index is 13.8. The zero-order valence-electron chi connectivity index (χ0n) is 19.1. The maximum Gasteiger partial charge on any atom is 0.256 e. The Balaban J connectivity index is 1.40. The van der Waals surface area contributed by atoms with Crippen molar-refractivity contribution in [1.29, 1.82) is 0 Å². The van der Waals surface area contributed by atoms with Crippen molar-refractivity contribution in [3.8, 4) is 5.69 Å². The summed E-state index contributed by atoms with van der Waals surface area (Å²) in [6.07, 6.45) is 7.10. The number of rotatable bonds is 5. The second-order valence-corrected chi connectivity index (χ2v) is 9.72. The largest absolute Gasteiger partial charge is 0.352 e. The lowest BCUT2D eigenvalue weighted by molar-refractivity contribution is 0.0539. The van der Waals surface area contributed by atoms with Gasteiger partial charge in [-0.05, 0) is 49.9 Å². The average molecular weight is 520 g/mol. The standard InChI is InChI=1S/C25H26BrN7O/c1-16-5-8-22(33-29-9-10-30-33)20(12-16)24(34)32-11-3-4-17(2)23(32)15-28-25-27-14-18-6-7-19(26)13-21(18)31-25/h5-10,12-14,17,23H,3-4,11,15H2,1-2H3,(H,27,28,31)/t17-,23-/m1/s1. The van der Waals surface area contributed by atoms with Gasteiger partial charge in [0, 0.05) is 29.1 Å². The molecule has 2 atom stereocenters. The SMILES string of the molecule is Cc1ccc(-n2nccn2)c(C(=O)N2CCC[C@@H](C)[C@H]2CNc2ncc3ccc(Br)cc3n2)c1. The number of halogens is 1. The van der Waals surface area contributed by atoms with E-state index in [-0.39, 0.29) is 11.9 Å². The van der Waals surface area contributed by atoms with Crippen LogP contribution in [0.25, 0.3) is 16.6 Å². The number of aryl methyl sites for hydroxylation is 1.